The topological polar surface area (TPSA) is 57.6 Å². The summed E-state index contributed by atoms with van der Waals surface area (Å²) < 4.78 is 77.7. The van der Waals surface area contributed by atoms with Crippen LogP contribution in [0.1, 0.15) is 17.4 Å². The van der Waals surface area contributed by atoms with Crippen LogP contribution in [0.5, 0.6) is 0 Å². The lowest BCUT2D eigenvalue weighted by Crippen LogP contribution is -2.48. The Morgan fingerprint density at radius 2 is 1.88 bits per heavy atom. The molecule has 7 nitrogen and oxygen atoms in total. The highest BCUT2D eigenvalue weighted by atomic mass is 19.4. The molecule has 182 valence electrons. The number of alkyl halides is 3. The van der Waals surface area contributed by atoms with Gasteiger partial charge in [0.05, 0.1) is 19.8 Å². The predicted octanol–water partition coefficient (Wildman–Crippen LogP) is 4.26. The summed E-state index contributed by atoms with van der Waals surface area (Å²) in [5.41, 5.74) is 0.442. The Bertz CT molecular complexity index is 1090. The molecule has 34 heavy (non-hydrogen) atoms. The van der Waals surface area contributed by atoms with Gasteiger partial charge in [-0.25, -0.2) is 13.6 Å². The number of benzene rings is 2. The molecule has 0 radical (unpaired) electrons. The number of ether oxygens (including phenoxy) is 2. The average Bonchev–Trinajstić information content (AvgIpc) is 3.20. The van der Waals surface area contributed by atoms with Gasteiger partial charge < -0.3 is 14.4 Å². The van der Waals surface area contributed by atoms with Crippen LogP contribution in [0, 0.1) is 11.6 Å². The van der Waals surface area contributed by atoms with Gasteiger partial charge in [0.1, 0.15) is 11.6 Å². The van der Waals surface area contributed by atoms with E-state index in [2.05, 4.69) is 5.10 Å². The van der Waals surface area contributed by atoms with Crippen molar-refractivity contribution in [2.24, 2.45) is 5.10 Å². The molecule has 0 aromatic heterocycles. The SMILES string of the molecule is CN1N=C(C(F)(F)F)OC1c1ccc(CN(C(=O)N2CCOCC2)c2cccc(F)c2)c(F)c1. The molecule has 0 N–H and O–H groups in total. The minimum Gasteiger partial charge on any atom is -0.443 e. The summed E-state index contributed by atoms with van der Waals surface area (Å²) >= 11 is 0. The minimum absolute atomic E-state index is 0.0900. The van der Waals surface area contributed by atoms with Crippen LogP contribution < -0.4 is 4.90 Å². The number of hydrazone groups is 1. The number of amides is 2. The average molecular weight is 484 g/mol. The van der Waals surface area contributed by atoms with Crippen molar-refractivity contribution in [2.45, 2.75) is 18.9 Å². The number of halogens is 5. The molecule has 2 aromatic carbocycles. The summed E-state index contributed by atoms with van der Waals surface area (Å²) in [6, 6.07) is 8.71. The van der Waals surface area contributed by atoms with Gasteiger partial charge in [-0.1, -0.05) is 18.2 Å². The number of morpholine rings is 1. The fourth-order valence-electron chi connectivity index (χ4n) is 3.66. The molecule has 2 amide bonds. The molecular weight excluding hydrogens is 463 g/mol. The lowest BCUT2D eigenvalue weighted by Gasteiger charge is -2.33. The molecule has 0 saturated carbocycles. The third-order valence-corrected chi connectivity index (χ3v) is 5.38. The molecule has 0 bridgehead atoms. The maximum atomic E-state index is 15.0. The van der Waals surface area contributed by atoms with Crippen molar-refractivity contribution in [3.05, 3.63) is 65.2 Å². The Balaban J connectivity index is 1.58. The largest absolute Gasteiger partial charge is 0.470 e. The van der Waals surface area contributed by atoms with Crippen molar-refractivity contribution >= 4 is 17.6 Å². The van der Waals surface area contributed by atoms with Gasteiger partial charge in [-0.2, -0.15) is 13.2 Å². The smallest absolute Gasteiger partial charge is 0.443 e. The molecule has 1 saturated heterocycles. The van der Waals surface area contributed by atoms with E-state index in [-0.39, 0.29) is 23.4 Å². The molecule has 12 heteroatoms. The monoisotopic (exact) mass is 484 g/mol. The van der Waals surface area contributed by atoms with E-state index >= 15 is 4.39 Å². The van der Waals surface area contributed by atoms with Crippen LogP contribution in [0.2, 0.25) is 0 Å². The second kappa shape index (κ2) is 9.45. The summed E-state index contributed by atoms with van der Waals surface area (Å²) in [4.78, 5) is 15.9. The van der Waals surface area contributed by atoms with Crippen molar-refractivity contribution < 1.29 is 36.2 Å². The third-order valence-electron chi connectivity index (χ3n) is 5.38. The van der Waals surface area contributed by atoms with E-state index in [1.165, 1.54) is 53.2 Å². The van der Waals surface area contributed by atoms with E-state index < -0.39 is 36.0 Å². The predicted molar refractivity (Wildman–Crippen MR) is 112 cm³/mol. The molecule has 2 aliphatic heterocycles. The van der Waals surface area contributed by atoms with E-state index in [1.807, 2.05) is 0 Å². The Kier molecular flexibility index (Phi) is 6.60. The fraction of sp³-hybridized carbons (Fsp3) is 0.364. The number of urea groups is 1. The van der Waals surface area contributed by atoms with Gasteiger partial charge in [-0.05, 0) is 24.3 Å². The van der Waals surface area contributed by atoms with Crippen LogP contribution in [-0.2, 0) is 16.0 Å². The molecule has 4 rings (SSSR count). The van der Waals surface area contributed by atoms with Gasteiger partial charge in [-0.15, -0.1) is 5.10 Å². The van der Waals surface area contributed by atoms with E-state index in [4.69, 9.17) is 9.47 Å². The van der Waals surface area contributed by atoms with Crippen molar-refractivity contribution in [3.63, 3.8) is 0 Å². The molecule has 2 heterocycles. The van der Waals surface area contributed by atoms with Gasteiger partial charge in [0.25, 0.3) is 0 Å². The lowest BCUT2D eigenvalue weighted by atomic mass is 10.1. The zero-order valence-electron chi connectivity index (χ0n) is 18.1. The number of nitrogens with zero attached hydrogens (tertiary/aromatic N) is 4. The van der Waals surface area contributed by atoms with Crippen LogP contribution in [0.3, 0.4) is 0 Å². The highest BCUT2D eigenvalue weighted by molar-refractivity contribution is 5.92. The Morgan fingerprint density at radius 3 is 2.50 bits per heavy atom. The molecule has 2 aromatic rings. The molecule has 1 atom stereocenters. The van der Waals surface area contributed by atoms with Crippen LogP contribution in [0.25, 0.3) is 0 Å². The molecule has 1 unspecified atom stereocenters. The number of anilines is 1. The third kappa shape index (κ3) is 5.06. The lowest BCUT2D eigenvalue weighted by molar-refractivity contribution is -0.0820. The Labute approximate surface area is 191 Å². The first-order valence-corrected chi connectivity index (χ1v) is 10.4. The number of rotatable bonds is 4. The first-order chi connectivity index (χ1) is 16.1. The second-order valence-electron chi connectivity index (χ2n) is 7.75. The van der Waals surface area contributed by atoms with Gasteiger partial charge in [0, 0.05) is 37.0 Å². The van der Waals surface area contributed by atoms with Crippen LogP contribution in [0.15, 0.2) is 47.6 Å². The second-order valence-corrected chi connectivity index (χ2v) is 7.75. The van der Waals surface area contributed by atoms with Crippen molar-refractivity contribution in [1.29, 1.82) is 0 Å². The summed E-state index contributed by atoms with van der Waals surface area (Å²) in [7, 11) is 1.28. The minimum atomic E-state index is -4.77. The van der Waals surface area contributed by atoms with Crippen LogP contribution >= 0.6 is 0 Å². The standard InChI is InChI=1S/C22H21F5N4O3/c1-29-19(34-20(28-29)22(25,26)27)14-5-6-15(18(24)11-14)13-31(17-4-2-3-16(23)12-17)21(32)30-7-9-33-10-8-30/h2-6,11-12,19H,7-10,13H2,1H3. The number of hydrogen-bond donors (Lipinski definition) is 0. The van der Waals surface area contributed by atoms with Crippen LogP contribution in [-0.4, -0.2) is 61.4 Å². The maximum absolute atomic E-state index is 15.0. The fourth-order valence-corrected chi connectivity index (χ4v) is 3.66. The molecule has 0 aliphatic carbocycles. The van der Waals surface area contributed by atoms with Gasteiger partial charge in [0.2, 0.25) is 6.23 Å². The quantitative estimate of drug-likeness (QED) is 0.609. The molecule has 1 fully saturated rings. The first kappa shape index (κ1) is 23.7. The summed E-state index contributed by atoms with van der Waals surface area (Å²) in [5.74, 6) is -2.74. The number of carbonyl (C=O) groups is 1. The summed E-state index contributed by atoms with van der Waals surface area (Å²) in [6.45, 7) is 1.14. The van der Waals surface area contributed by atoms with Gasteiger partial charge in [0.15, 0.2) is 0 Å². The van der Waals surface area contributed by atoms with E-state index in [1.54, 1.807) is 0 Å². The summed E-state index contributed by atoms with van der Waals surface area (Å²) in [5, 5.41) is 4.26. The zero-order chi connectivity index (χ0) is 24.5. The number of carbonyl (C=O) groups excluding carboxylic acids is 1. The van der Waals surface area contributed by atoms with Gasteiger partial charge >= 0.3 is 18.1 Å². The van der Waals surface area contributed by atoms with Crippen molar-refractivity contribution in [2.75, 3.05) is 38.3 Å². The normalized spacial score (nSPS) is 18.5. The van der Waals surface area contributed by atoms with Crippen molar-refractivity contribution in [3.8, 4) is 0 Å². The highest BCUT2D eigenvalue weighted by Gasteiger charge is 2.45. The maximum Gasteiger partial charge on any atom is 0.470 e. The van der Waals surface area contributed by atoms with E-state index in [0.717, 1.165) is 11.1 Å². The van der Waals surface area contributed by atoms with Crippen molar-refractivity contribution in [1.82, 2.24) is 9.91 Å². The first-order valence-electron chi connectivity index (χ1n) is 10.4. The highest BCUT2D eigenvalue weighted by Crippen LogP contribution is 2.33. The molecule has 2 aliphatic rings. The Hall–Kier alpha value is -3.41. The molecular formula is C22H21F5N4O3. The Morgan fingerprint density at radius 1 is 1.15 bits per heavy atom. The summed E-state index contributed by atoms with van der Waals surface area (Å²) in [6.07, 6.45) is -6.03. The van der Waals surface area contributed by atoms with E-state index in [0.29, 0.717) is 26.3 Å². The molecule has 0 spiro atoms. The van der Waals surface area contributed by atoms with Gasteiger partial charge in [-0.3, -0.25) is 9.91 Å². The number of hydrogen-bond acceptors (Lipinski definition) is 5. The van der Waals surface area contributed by atoms with Crippen LogP contribution in [0.4, 0.5) is 32.4 Å². The zero-order valence-corrected chi connectivity index (χ0v) is 18.1. The van der Waals surface area contributed by atoms with E-state index in [9.17, 15) is 22.4 Å².